The Balaban J connectivity index is 1.20. The fourth-order valence-electron chi connectivity index (χ4n) is 3.66. The van der Waals surface area contributed by atoms with E-state index in [0.29, 0.717) is 12.5 Å². The van der Waals surface area contributed by atoms with E-state index in [2.05, 4.69) is 21.9 Å². The first-order chi connectivity index (χ1) is 13.2. The summed E-state index contributed by atoms with van der Waals surface area (Å²) in [6, 6.07) is 6.11. The smallest absolute Gasteiger partial charge is 0.233 e. The van der Waals surface area contributed by atoms with Gasteiger partial charge in [-0.15, -0.1) is 0 Å². The van der Waals surface area contributed by atoms with Crippen LogP contribution < -0.4 is 9.47 Å². The highest BCUT2D eigenvalue weighted by molar-refractivity contribution is 8.23. The predicted octanol–water partition coefficient (Wildman–Crippen LogP) is 2.17. The lowest BCUT2D eigenvalue weighted by molar-refractivity contribution is -0.130. The minimum Gasteiger partial charge on any atom is -0.454 e. The van der Waals surface area contributed by atoms with Gasteiger partial charge in [0.1, 0.15) is 4.32 Å². The van der Waals surface area contributed by atoms with Crippen LogP contribution in [0.5, 0.6) is 11.5 Å². The van der Waals surface area contributed by atoms with Crippen molar-refractivity contribution in [2.24, 2.45) is 0 Å². The molecule has 0 unspecified atom stereocenters. The van der Waals surface area contributed by atoms with Crippen LogP contribution in [0.4, 0.5) is 0 Å². The Kier molecular flexibility index (Phi) is 6.04. The van der Waals surface area contributed by atoms with Gasteiger partial charge in [0.05, 0.1) is 5.75 Å². The molecule has 1 aromatic carbocycles. The number of carbonyl (C=O) groups excluding carboxylic acids is 1. The van der Waals surface area contributed by atoms with Gasteiger partial charge in [0, 0.05) is 45.8 Å². The summed E-state index contributed by atoms with van der Waals surface area (Å²) in [7, 11) is 0. The first kappa shape index (κ1) is 18.8. The maximum Gasteiger partial charge on any atom is 0.233 e. The molecule has 146 valence electrons. The monoisotopic (exact) mass is 407 g/mol. The Bertz CT molecular complexity index is 701. The lowest BCUT2D eigenvalue weighted by Crippen LogP contribution is -2.49. The first-order valence-corrected chi connectivity index (χ1v) is 10.9. The number of ether oxygens (including phenoxy) is 2. The molecule has 4 rings (SSSR count). The Morgan fingerprint density at radius 1 is 1.00 bits per heavy atom. The van der Waals surface area contributed by atoms with Crippen molar-refractivity contribution in [2.45, 2.75) is 19.4 Å². The van der Waals surface area contributed by atoms with Crippen LogP contribution >= 0.6 is 24.0 Å². The lowest BCUT2D eigenvalue weighted by Gasteiger charge is -2.34. The molecule has 0 N–H and O–H groups in total. The molecule has 2 fully saturated rings. The van der Waals surface area contributed by atoms with E-state index in [1.165, 1.54) is 30.2 Å². The van der Waals surface area contributed by atoms with Crippen molar-refractivity contribution in [1.29, 1.82) is 0 Å². The molecule has 3 heterocycles. The molecule has 0 spiro atoms. The largest absolute Gasteiger partial charge is 0.454 e. The van der Waals surface area contributed by atoms with Crippen molar-refractivity contribution in [2.75, 3.05) is 51.8 Å². The van der Waals surface area contributed by atoms with Gasteiger partial charge in [-0.25, -0.2) is 0 Å². The Morgan fingerprint density at radius 2 is 1.74 bits per heavy atom. The number of thiocarbonyl (C=S) groups is 1. The number of hydrogen-bond donors (Lipinski definition) is 0. The van der Waals surface area contributed by atoms with E-state index in [9.17, 15) is 4.79 Å². The van der Waals surface area contributed by atoms with E-state index in [1.807, 2.05) is 11.0 Å². The number of piperazine rings is 1. The van der Waals surface area contributed by atoms with Crippen LogP contribution in [0.2, 0.25) is 0 Å². The van der Waals surface area contributed by atoms with Gasteiger partial charge in [0.2, 0.25) is 12.7 Å². The number of amides is 1. The highest BCUT2D eigenvalue weighted by Crippen LogP contribution is 2.32. The number of carbonyl (C=O) groups is 1. The molecule has 0 radical (unpaired) electrons. The Labute approximate surface area is 169 Å². The molecule has 0 atom stereocenters. The second-order valence-corrected chi connectivity index (χ2v) is 8.70. The van der Waals surface area contributed by atoms with Gasteiger partial charge >= 0.3 is 0 Å². The maximum atomic E-state index is 12.5. The third-order valence-electron chi connectivity index (χ3n) is 5.25. The topological polar surface area (TPSA) is 45.3 Å². The van der Waals surface area contributed by atoms with E-state index in [0.717, 1.165) is 61.6 Å². The first-order valence-electron chi connectivity index (χ1n) is 9.49. The molecule has 6 nitrogen and oxygen atoms in total. The summed E-state index contributed by atoms with van der Waals surface area (Å²) in [4.78, 5) is 19.1. The number of nitrogens with zero attached hydrogens (tertiary/aromatic N) is 3. The van der Waals surface area contributed by atoms with Crippen LogP contribution in [-0.2, 0) is 11.3 Å². The second-order valence-electron chi connectivity index (χ2n) is 7.09. The van der Waals surface area contributed by atoms with Crippen molar-refractivity contribution >= 4 is 34.2 Å². The standard InChI is InChI=1S/C19H25N3O3S2/c23-18(13-27-19(26)22-5-1-2-6-22)21-9-7-20(8-10-21)12-15-3-4-16-17(11-15)25-14-24-16/h3-4,11H,1-2,5-10,12-14H2. The van der Waals surface area contributed by atoms with Crippen LogP contribution in [-0.4, -0.2) is 76.7 Å². The Hall–Kier alpha value is -1.51. The van der Waals surface area contributed by atoms with Crippen molar-refractivity contribution in [3.05, 3.63) is 23.8 Å². The van der Waals surface area contributed by atoms with Gasteiger partial charge < -0.3 is 19.3 Å². The predicted molar refractivity (Wildman–Crippen MR) is 110 cm³/mol. The summed E-state index contributed by atoms with van der Waals surface area (Å²) in [5.74, 6) is 2.30. The fourth-order valence-corrected chi connectivity index (χ4v) is 4.81. The number of fused-ring (bicyclic) bond motifs is 1. The summed E-state index contributed by atoms with van der Waals surface area (Å²) in [5.41, 5.74) is 1.21. The van der Waals surface area contributed by atoms with Crippen LogP contribution in [0.1, 0.15) is 18.4 Å². The van der Waals surface area contributed by atoms with Crippen molar-refractivity contribution in [3.63, 3.8) is 0 Å². The average molecular weight is 408 g/mol. The van der Waals surface area contributed by atoms with E-state index >= 15 is 0 Å². The Morgan fingerprint density at radius 3 is 2.52 bits per heavy atom. The molecule has 0 aromatic heterocycles. The number of rotatable bonds is 4. The van der Waals surface area contributed by atoms with E-state index in [4.69, 9.17) is 21.7 Å². The molecule has 27 heavy (non-hydrogen) atoms. The lowest BCUT2D eigenvalue weighted by atomic mass is 10.1. The number of likely N-dealkylation sites (tertiary alicyclic amines) is 1. The maximum absolute atomic E-state index is 12.5. The molecule has 0 saturated carbocycles. The summed E-state index contributed by atoms with van der Waals surface area (Å²) < 4.78 is 11.7. The molecule has 1 amide bonds. The third-order valence-corrected chi connectivity index (χ3v) is 6.76. The number of benzene rings is 1. The van der Waals surface area contributed by atoms with Crippen LogP contribution in [0.25, 0.3) is 0 Å². The quantitative estimate of drug-likeness (QED) is 0.709. The molecule has 8 heteroatoms. The normalized spacial score (nSPS) is 19.6. The molecule has 0 aliphatic carbocycles. The molecule has 3 aliphatic heterocycles. The number of hydrogen-bond acceptors (Lipinski definition) is 6. The minimum atomic E-state index is 0.198. The van der Waals surface area contributed by atoms with Crippen LogP contribution in [0.3, 0.4) is 0 Å². The molecular weight excluding hydrogens is 382 g/mol. The molecule has 1 aromatic rings. The summed E-state index contributed by atoms with van der Waals surface area (Å²) >= 11 is 6.97. The SMILES string of the molecule is O=C(CSC(=S)N1CCCC1)N1CCN(Cc2ccc3c(c2)OCO3)CC1. The van der Waals surface area contributed by atoms with Gasteiger partial charge in [-0.2, -0.15) is 0 Å². The van der Waals surface area contributed by atoms with E-state index in [-0.39, 0.29) is 5.91 Å². The fraction of sp³-hybridized carbons (Fsp3) is 0.579. The zero-order valence-electron chi connectivity index (χ0n) is 15.4. The molecule has 3 aliphatic rings. The minimum absolute atomic E-state index is 0.198. The summed E-state index contributed by atoms with van der Waals surface area (Å²) in [6.07, 6.45) is 2.42. The van der Waals surface area contributed by atoms with Crippen molar-refractivity contribution in [1.82, 2.24) is 14.7 Å². The van der Waals surface area contributed by atoms with Crippen LogP contribution in [0, 0.1) is 0 Å². The average Bonchev–Trinajstić information content (AvgIpc) is 3.38. The van der Waals surface area contributed by atoms with Crippen LogP contribution in [0.15, 0.2) is 18.2 Å². The third kappa shape index (κ3) is 4.67. The second kappa shape index (κ2) is 8.67. The number of thioether (sulfide) groups is 1. The molecule has 0 bridgehead atoms. The highest BCUT2D eigenvalue weighted by Gasteiger charge is 2.23. The van der Waals surface area contributed by atoms with Gasteiger partial charge in [-0.3, -0.25) is 9.69 Å². The zero-order valence-corrected chi connectivity index (χ0v) is 17.0. The van der Waals surface area contributed by atoms with Gasteiger partial charge in [0.15, 0.2) is 11.5 Å². The summed E-state index contributed by atoms with van der Waals surface area (Å²) in [6.45, 7) is 6.59. The summed E-state index contributed by atoms with van der Waals surface area (Å²) in [5, 5.41) is 0. The van der Waals surface area contributed by atoms with E-state index in [1.54, 1.807) is 0 Å². The highest BCUT2D eigenvalue weighted by atomic mass is 32.2. The van der Waals surface area contributed by atoms with Gasteiger partial charge in [0.25, 0.3) is 0 Å². The van der Waals surface area contributed by atoms with Gasteiger partial charge in [-0.1, -0.05) is 30.0 Å². The molecule has 2 saturated heterocycles. The van der Waals surface area contributed by atoms with E-state index < -0.39 is 0 Å². The zero-order chi connectivity index (χ0) is 18.6. The van der Waals surface area contributed by atoms with Gasteiger partial charge in [-0.05, 0) is 30.5 Å². The van der Waals surface area contributed by atoms with Crippen molar-refractivity contribution in [3.8, 4) is 11.5 Å². The molecular formula is C19H25N3O3S2. The van der Waals surface area contributed by atoms with Crippen molar-refractivity contribution < 1.29 is 14.3 Å².